The van der Waals surface area contributed by atoms with Gasteiger partial charge in [0.25, 0.3) is 0 Å². The largest absolute Gasteiger partial charge is 0.310 e. The van der Waals surface area contributed by atoms with Crippen LogP contribution in [0.5, 0.6) is 0 Å². The number of nitrogens with one attached hydrogen (secondary N) is 1. The third-order valence-corrected chi connectivity index (χ3v) is 5.59. The van der Waals surface area contributed by atoms with Gasteiger partial charge in [-0.25, -0.2) is 0 Å². The quantitative estimate of drug-likeness (QED) is 0.569. The first-order valence-electron chi connectivity index (χ1n) is 6.90. The van der Waals surface area contributed by atoms with E-state index in [1.807, 2.05) is 0 Å². The Balaban J connectivity index is 2.07. The fraction of sp³-hybridized carbons (Fsp3) is 0.375. The van der Waals surface area contributed by atoms with Crippen LogP contribution in [0, 0.1) is 3.57 Å². The van der Waals surface area contributed by atoms with Crippen LogP contribution < -0.4 is 5.32 Å². The molecule has 1 unspecified atom stereocenters. The lowest BCUT2D eigenvalue weighted by molar-refractivity contribution is 0.499. The molecule has 1 heterocycles. The molecule has 2 aromatic rings. The van der Waals surface area contributed by atoms with Crippen LogP contribution in [0.4, 0.5) is 0 Å². The average Bonchev–Trinajstić information content (AvgIpc) is 2.95. The van der Waals surface area contributed by atoms with Gasteiger partial charge in [-0.05, 0) is 88.5 Å². The molecule has 0 aliphatic heterocycles. The van der Waals surface area contributed by atoms with Crippen molar-refractivity contribution in [3.05, 3.63) is 54.7 Å². The Morgan fingerprint density at radius 2 is 2.20 bits per heavy atom. The Labute approximate surface area is 143 Å². The first-order valence-corrected chi connectivity index (χ1v) is 9.30. The maximum absolute atomic E-state index is 6.26. The van der Waals surface area contributed by atoms with Gasteiger partial charge in [0.2, 0.25) is 0 Å². The summed E-state index contributed by atoms with van der Waals surface area (Å²) in [6.07, 6.45) is 3.36. The van der Waals surface area contributed by atoms with Crippen LogP contribution in [0.2, 0.25) is 5.02 Å². The molecule has 0 fully saturated rings. The molecule has 1 aromatic carbocycles. The molecule has 0 amide bonds. The third-order valence-electron chi connectivity index (χ3n) is 3.29. The fourth-order valence-corrected chi connectivity index (χ4v) is 3.41. The van der Waals surface area contributed by atoms with Crippen molar-refractivity contribution in [1.29, 1.82) is 0 Å². The third kappa shape index (κ3) is 4.72. The lowest BCUT2D eigenvalue weighted by Gasteiger charge is -2.19. The van der Waals surface area contributed by atoms with Crippen LogP contribution in [0.15, 0.2) is 35.0 Å². The molecule has 0 radical (unpaired) electrons. The Kier molecular flexibility index (Phi) is 6.81. The van der Waals surface area contributed by atoms with E-state index in [2.05, 4.69) is 69.9 Å². The van der Waals surface area contributed by atoms with Crippen molar-refractivity contribution in [2.45, 2.75) is 32.2 Å². The molecule has 0 saturated carbocycles. The summed E-state index contributed by atoms with van der Waals surface area (Å²) in [4.78, 5) is 0. The van der Waals surface area contributed by atoms with Gasteiger partial charge in [0.05, 0.1) is 5.02 Å². The van der Waals surface area contributed by atoms with E-state index in [4.69, 9.17) is 11.6 Å². The molecule has 0 aliphatic rings. The van der Waals surface area contributed by atoms with Crippen molar-refractivity contribution >= 4 is 45.5 Å². The van der Waals surface area contributed by atoms with Crippen molar-refractivity contribution in [2.24, 2.45) is 0 Å². The molecule has 0 aliphatic carbocycles. The summed E-state index contributed by atoms with van der Waals surface area (Å²) in [5.74, 6) is 0. The Morgan fingerprint density at radius 3 is 2.85 bits per heavy atom. The molecule has 108 valence electrons. The second-order valence-electron chi connectivity index (χ2n) is 4.85. The average molecular weight is 420 g/mol. The molecule has 2 rings (SSSR count). The van der Waals surface area contributed by atoms with Crippen molar-refractivity contribution in [3.8, 4) is 0 Å². The van der Waals surface area contributed by atoms with E-state index in [0.29, 0.717) is 6.04 Å². The van der Waals surface area contributed by atoms with Crippen molar-refractivity contribution in [1.82, 2.24) is 5.32 Å². The van der Waals surface area contributed by atoms with E-state index >= 15 is 0 Å². The van der Waals surface area contributed by atoms with E-state index in [0.717, 1.165) is 34.4 Å². The fourth-order valence-electron chi connectivity index (χ4n) is 2.18. The molecular formula is C16H19ClINS. The molecular weight excluding hydrogens is 401 g/mol. The van der Waals surface area contributed by atoms with Crippen molar-refractivity contribution < 1.29 is 0 Å². The van der Waals surface area contributed by atoms with Gasteiger partial charge < -0.3 is 5.32 Å². The highest BCUT2D eigenvalue weighted by molar-refractivity contribution is 14.1. The predicted octanol–water partition coefficient (Wildman–Crippen LogP) is 5.68. The molecule has 20 heavy (non-hydrogen) atoms. The summed E-state index contributed by atoms with van der Waals surface area (Å²) in [7, 11) is 0. The monoisotopic (exact) mass is 419 g/mol. The Hall–Kier alpha value is -0.100. The number of halogens is 2. The van der Waals surface area contributed by atoms with Gasteiger partial charge in [0, 0.05) is 9.61 Å². The molecule has 1 N–H and O–H groups in total. The Morgan fingerprint density at radius 1 is 1.35 bits per heavy atom. The van der Waals surface area contributed by atoms with Crippen LogP contribution in [0.25, 0.3) is 0 Å². The van der Waals surface area contributed by atoms with Crippen LogP contribution in [0.3, 0.4) is 0 Å². The highest BCUT2D eigenvalue weighted by Gasteiger charge is 2.12. The normalized spacial score (nSPS) is 12.6. The summed E-state index contributed by atoms with van der Waals surface area (Å²) in [6.45, 7) is 3.24. The molecule has 0 bridgehead atoms. The zero-order valence-electron chi connectivity index (χ0n) is 11.5. The number of rotatable bonds is 7. The SMILES string of the molecule is CCCNC(CCc1ccsc1)c1ccc(I)c(Cl)c1. The summed E-state index contributed by atoms with van der Waals surface area (Å²) in [5, 5.41) is 8.86. The number of thiophene rings is 1. The highest BCUT2D eigenvalue weighted by Crippen LogP contribution is 2.26. The standard InChI is InChI=1S/C16H19ClINS/c1-2-8-19-16(6-3-12-7-9-20-11-12)13-4-5-15(18)14(17)10-13/h4-5,7,9-11,16,19H,2-3,6,8H2,1H3. The number of hydrogen-bond acceptors (Lipinski definition) is 2. The molecule has 1 nitrogen and oxygen atoms in total. The molecule has 4 heteroatoms. The molecule has 0 spiro atoms. The maximum atomic E-state index is 6.26. The first-order chi connectivity index (χ1) is 9.70. The van der Waals surface area contributed by atoms with Gasteiger partial charge in [-0.3, -0.25) is 0 Å². The summed E-state index contributed by atoms with van der Waals surface area (Å²) in [5.41, 5.74) is 2.72. The predicted molar refractivity (Wildman–Crippen MR) is 97.8 cm³/mol. The van der Waals surface area contributed by atoms with Gasteiger partial charge >= 0.3 is 0 Å². The van der Waals surface area contributed by atoms with Crippen molar-refractivity contribution in [3.63, 3.8) is 0 Å². The van der Waals surface area contributed by atoms with E-state index in [1.165, 1.54) is 11.1 Å². The maximum Gasteiger partial charge on any atom is 0.0542 e. The Bertz CT molecular complexity index is 527. The summed E-state index contributed by atoms with van der Waals surface area (Å²) in [6, 6.07) is 8.98. The molecule has 0 saturated heterocycles. The van der Waals surface area contributed by atoms with Gasteiger partial charge in [0.1, 0.15) is 0 Å². The second kappa shape index (κ2) is 8.37. The van der Waals surface area contributed by atoms with E-state index < -0.39 is 0 Å². The summed E-state index contributed by atoms with van der Waals surface area (Å²) >= 11 is 10.3. The van der Waals surface area contributed by atoms with Crippen LogP contribution in [0.1, 0.15) is 36.9 Å². The van der Waals surface area contributed by atoms with Gasteiger partial charge in [0.15, 0.2) is 0 Å². The highest BCUT2D eigenvalue weighted by atomic mass is 127. The second-order valence-corrected chi connectivity index (χ2v) is 7.20. The zero-order valence-corrected chi connectivity index (χ0v) is 15.3. The molecule has 1 aromatic heterocycles. The number of aryl methyl sites for hydroxylation is 1. The topological polar surface area (TPSA) is 12.0 Å². The lowest BCUT2D eigenvalue weighted by atomic mass is 10.00. The smallest absolute Gasteiger partial charge is 0.0542 e. The van der Waals surface area contributed by atoms with E-state index in [-0.39, 0.29) is 0 Å². The lowest BCUT2D eigenvalue weighted by Crippen LogP contribution is -2.22. The van der Waals surface area contributed by atoms with Gasteiger partial charge in [-0.15, -0.1) is 0 Å². The van der Waals surface area contributed by atoms with Crippen LogP contribution >= 0.6 is 45.5 Å². The zero-order chi connectivity index (χ0) is 14.4. The first kappa shape index (κ1) is 16.3. The number of hydrogen-bond donors (Lipinski definition) is 1. The number of benzene rings is 1. The van der Waals surface area contributed by atoms with E-state index in [9.17, 15) is 0 Å². The minimum atomic E-state index is 0.379. The van der Waals surface area contributed by atoms with Crippen LogP contribution in [-0.2, 0) is 6.42 Å². The minimum absolute atomic E-state index is 0.379. The van der Waals surface area contributed by atoms with Gasteiger partial charge in [-0.2, -0.15) is 11.3 Å². The van der Waals surface area contributed by atoms with Gasteiger partial charge in [-0.1, -0.05) is 24.6 Å². The minimum Gasteiger partial charge on any atom is -0.310 e. The van der Waals surface area contributed by atoms with E-state index in [1.54, 1.807) is 11.3 Å². The summed E-state index contributed by atoms with van der Waals surface area (Å²) < 4.78 is 1.11. The van der Waals surface area contributed by atoms with Crippen molar-refractivity contribution in [2.75, 3.05) is 6.54 Å². The van der Waals surface area contributed by atoms with Crippen LogP contribution in [-0.4, -0.2) is 6.54 Å². The molecule has 1 atom stereocenters.